The van der Waals surface area contributed by atoms with Gasteiger partial charge in [-0.1, -0.05) is 48.0 Å². The third-order valence-corrected chi connectivity index (χ3v) is 4.47. The molecule has 0 aromatic heterocycles. The van der Waals surface area contributed by atoms with E-state index in [0.717, 1.165) is 13.1 Å². The van der Waals surface area contributed by atoms with Gasteiger partial charge < -0.3 is 5.73 Å². The fourth-order valence-electron chi connectivity index (χ4n) is 3.00. The number of nitrogens with two attached hydrogens (primary N) is 1. The van der Waals surface area contributed by atoms with Gasteiger partial charge in [0.05, 0.1) is 0 Å². The zero-order valence-corrected chi connectivity index (χ0v) is 13.7. The van der Waals surface area contributed by atoms with Gasteiger partial charge in [-0.15, -0.1) is 12.4 Å². The van der Waals surface area contributed by atoms with E-state index in [0.29, 0.717) is 17.1 Å². The summed E-state index contributed by atoms with van der Waals surface area (Å²) >= 11 is 6.10. The first-order valence-electron chi connectivity index (χ1n) is 7.11. The summed E-state index contributed by atoms with van der Waals surface area (Å²) in [7, 11) is 0. The van der Waals surface area contributed by atoms with Crippen molar-refractivity contribution in [2.45, 2.75) is 18.5 Å². The van der Waals surface area contributed by atoms with E-state index in [1.165, 1.54) is 11.6 Å². The van der Waals surface area contributed by atoms with Crippen LogP contribution in [0.15, 0.2) is 48.5 Å². The van der Waals surface area contributed by atoms with Crippen molar-refractivity contribution in [2.75, 3.05) is 13.1 Å². The molecule has 3 rings (SSSR count). The number of likely N-dealkylation sites (tertiary alicyclic amines) is 1. The second kappa shape index (κ2) is 7.42. The lowest BCUT2D eigenvalue weighted by atomic mass is 9.95. The smallest absolute Gasteiger partial charge is 0.129 e. The van der Waals surface area contributed by atoms with Gasteiger partial charge in [0.1, 0.15) is 5.82 Å². The van der Waals surface area contributed by atoms with Crippen LogP contribution in [0.1, 0.15) is 17.0 Å². The third-order valence-electron chi connectivity index (χ3n) is 4.11. The van der Waals surface area contributed by atoms with E-state index in [1.54, 1.807) is 12.1 Å². The second-order valence-electron chi connectivity index (χ2n) is 5.58. The Labute approximate surface area is 141 Å². The summed E-state index contributed by atoms with van der Waals surface area (Å²) in [5, 5.41) is 0.478. The van der Waals surface area contributed by atoms with Gasteiger partial charge >= 0.3 is 0 Å². The Morgan fingerprint density at radius 1 is 1.09 bits per heavy atom. The molecule has 0 unspecified atom stereocenters. The average Bonchev–Trinajstić information content (AvgIpc) is 2.85. The molecule has 1 heterocycles. The van der Waals surface area contributed by atoms with Crippen molar-refractivity contribution in [1.29, 1.82) is 0 Å². The molecule has 1 aliphatic rings. The summed E-state index contributed by atoms with van der Waals surface area (Å²) in [4.78, 5) is 2.17. The van der Waals surface area contributed by atoms with Crippen LogP contribution >= 0.6 is 24.0 Å². The maximum Gasteiger partial charge on any atom is 0.129 e. The van der Waals surface area contributed by atoms with E-state index in [-0.39, 0.29) is 30.2 Å². The zero-order valence-electron chi connectivity index (χ0n) is 12.1. The van der Waals surface area contributed by atoms with Gasteiger partial charge in [0.2, 0.25) is 0 Å². The van der Waals surface area contributed by atoms with Crippen molar-refractivity contribution in [3.05, 3.63) is 70.5 Å². The van der Waals surface area contributed by atoms with Crippen LogP contribution in [0.4, 0.5) is 4.39 Å². The van der Waals surface area contributed by atoms with Crippen LogP contribution in [0.25, 0.3) is 0 Å². The van der Waals surface area contributed by atoms with Crippen molar-refractivity contribution < 1.29 is 4.39 Å². The van der Waals surface area contributed by atoms with E-state index >= 15 is 0 Å². The number of halogens is 3. The predicted octanol–water partition coefficient (Wildman–Crippen LogP) is 3.83. The first kappa shape index (κ1) is 17.2. The molecule has 2 N–H and O–H groups in total. The minimum absolute atomic E-state index is 0. The van der Waals surface area contributed by atoms with E-state index in [4.69, 9.17) is 17.3 Å². The minimum Gasteiger partial charge on any atom is -0.326 e. The Morgan fingerprint density at radius 2 is 1.82 bits per heavy atom. The first-order chi connectivity index (χ1) is 10.1. The summed E-state index contributed by atoms with van der Waals surface area (Å²) in [5.74, 6) is 0.0379. The van der Waals surface area contributed by atoms with Crippen LogP contribution in [0.2, 0.25) is 5.02 Å². The van der Waals surface area contributed by atoms with Crippen LogP contribution in [-0.4, -0.2) is 24.0 Å². The van der Waals surface area contributed by atoms with E-state index in [2.05, 4.69) is 17.0 Å². The summed E-state index contributed by atoms with van der Waals surface area (Å²) in [6.45, 7) is 2.09. The lowest BCUT2D eigenvalue weighted by molar-refractivity contribution is 0.318. The molecule has 0 spiro atoms. The highest BCUT2D eigenvalue weighted by atomic mass is 35.5. The van der Waals surface area contributed by atoms with Gasteiger partial charge in [-0.2, -0.15) is 0 Å². The number of hydrogen-bond acceptors (Lipinski definition) is 2. The van der Waals surface area contributed by atoms with Gasteiger partial charge in [-0.25, -0.2) is 4.39 Å². The average molecular weight is 341 g/mol. The highest BCUT2D eigenvalue weighted by Gasteiger charge is 2.31. The molecule has 0 saturated carbocycles. The van der Waals surface area contributed by atoms with Crippen molar-refractivity contribution in [1.82, 2.24) is 4.90 Å². The summed E-state index contributed by atoms with van der Waals surface area (Å²) in [6.07, 6.45) is 0. The largest absolute Gasteiger partial charge is 0.326 e. The maximum absolute atomic E-state index is 13.9. The molecule has 5 heteroatoms. The minimum atomic E-state index is -0.251. The number of nitrogens with zero attached hydrogens (tertiary/aromatic N) is 1. The first-order valence-corrected chi connectivity index (χ1v) is 7.48. The van der Waals surface area contributed by atoms with E-state index in [1.807, 2.05) is 18.2 Å². The molecule has 2 atom stereocenters. The highest BCUT2D eigenvalue weighted by Crippen LogP contribution is 2.29. The topological polar surface area (TPSA) is 29.3 Å². The fourth-order valence-corrected chi connectivity index (χ4v) is 3.23. The molecule has 2 aromatic carbocycles. The Kier molecular flexibility index (Phi) is 5.81. The molecule has 2 aromatic rings. The van der Waals surface area contributed by atoms with Crippen LogP contribution in [0.3, 0.4) is 0 Å². The molecule has 1 fully saturated rings. The zero-order chi connectivity index (χ0) is 14.8. The lowest BCUT2D eigenvalue weighted by Gasteiger charge is -2.17. The molecular weight excluding hydrogens is 322 g/mol. The van der Waals surface area contributed by atoms with Gasteiger partial charge in [0, 0.05) is 42.2 Å². The van der Waals surface area contributed by atoms with Gasteiger partial charge in [0.15, 0.2) is 0 Å². The summed E-state index contributed by atoms with van der Waals surface area (Å²) in [5.41, 5.74) is 8.06. The Balaban J connectivity index is 0.00000176. The molecule has 0 aliphatic carbocycles. The summed E-state index contributed by atoms with van der Waals surface area (Å²) in [6, 6.07) is 15.1. The standard InChI is InChI=1S/C17H18ClFN2.ClH/c18-15-7-4-8-16(19)14(15)10-21-9-13(17(20)11-21)12-5-2-1-3-6-12;/h1-8,13,17H,9-11,20H2;1H/t13-,17+;/m0./s1. The van der Waals surface area contributed by atoms with E-state index in [9.17, 15) is 4.39 Å². The van der Waals surface area contributed by atoms with Crippen molar-refractivity contribution in [3.8, 4) is 0 Å². The third kappa shape index (κ3) is 3.61. The van der Waals surface area contributed by atoms with Crippen molar-refractivity contribution in [2.24, 2.45) is 5.73 Å². The van der Waals surface area contributed by atoms with Crippen LogP contribution in [-0.2, 0) is 6.54 Å². The van der Waals surface area contributed by atoms with Crippen LogP contribution < -0.4 is 5.73 Å². The Bertz CT molecular complexity index is 601. The lowest BCUT2D eigenvalue weighted by Crippen LogP contribution is -2.28. The molecule has 0 radical (unpaired) electrons. The SMILES string of the molecule is Cl.N[C@@H]1CN(Cc2c(F)cccc2Cl)C[C@H]1c1ccccc1. The number of benzene rings is 2. The molecule has 1 saturated heterocycles. The summed E-state index contributed by atoms with van der Waals surface area (Å²) < 4.78 is 13.9. The van der Waals surface area contributed by atoms with Crippen molar-refractivity contribution in [3.63, 3.8) is 0 Å². The van der Waals surface area contributed by atoms with Gasteiger partial charge in [-0.3, -0.25) is 4.90 Å². The van der Waals surface area contributed by atoms with E-state index < -0.39 is 0 Å². The molecule has 0 bridgehead atoms. The second-order valence-corrected chi connectivity index (χ2v) is 5.98. The molecule has 22 heavy (non-hydrogen) atoms. The highest BCUT2D eigenvalue weighted by molar-refractivity contribution is 6.31. The molecule has 0 amide bonds. The van der Waals surface area contributed by atoms with Gasteiger partial charge in [-0.05, 0) is 17.7 Å². The Morgan fingerprint density at radius 3 is 2.50 bits per heavy atom. The predicted molar refractivity (Wildman–Crippen MR) is 91.1 cm³/mol. The molecular formula is C17H19Cl2FN2. The number of hydrogen-bond donors (Lipinski definition) is 1. The van der Waals surface area contributed by atoms with Crippen molar-refractivity contribution >= 4 is 24.0 Å². The molecule has 1 aliphatic heterocycles. The molecule has 2 nitrogen and oxygen atoms in total. The monoisotopic (exact) mass is 340 g/mol. The maximum atomic E-state index is 13.9. The van der Waals surface area contributed by atoms with Crippen LogP contribution in [0, 0.1) is 5.82 Å². The van der Waals surface area contributed by atoms with Gasteiger partial charge in [0.25, 0.3) is 0 Å². The number of rotatable bonds is 3. The normalized spacial score (nSPS) is 21.6. The van der Waals surface area contributed by atoms with Crippen LogP contribution in [0.5, 0.6) is 0 Å². The Hall–Kier alpha value is -1.13. The quantitative estimate of drug-likeness (QED) is 0.919. The fraction of sp³-hybridized carbons (Fsp3) is 0.294. The molecule has 118 valence electrons.